The van der Waals surface area contributed by atoms with Crippen LogP contribution in [0.2, 0.25) is 0 Å². The summed E-state index contributed by atoms with van der Waals surface area (Å²) in [6, 6.07) is 0. The van der Waals surface area contributed by atoms with Crippen LogP contribution >= 0.6 is 0 Å². The summed E-state index contributed by atoms with van der Waals surface area (Å²) in [5.74, 6) is 4.57. The van der Waals surface area contributed by atoms with Crippen molar-refractivity contribution in [1.82, 2.24) is 0 Å². The molecule has 4 nitrogen and oxygen atoms in total. The highest BCUT2D eigenvalue weighted by Crippen LogP contribution is 2.40. The summed E-state index contributed by atoms with van der Waals surface area (Å²) in [7, 11) is 0. The summed E-state index contributed by atoms with van der Waals surface area (Å²) in [4.78, 5) is 0. The molecule has 36 heavy (non-hydrogen) atoms. The summed E-state index contributed by atoms with van der Waals surface area (Å²) >= 11 is 0. The minimum absolute atomic E-state index is 0. The van der Waals surface area contributed by atoms with Crippen molar-refractivity contribution in [1.29, 1.82) is 0 Å². The van der Waals surface area contributed by atoms with Crippen LogP contribution in [0, 0.1) is 35.5 Å². The third kappa shape index (κ3) is 14.3. The molecule has 4 heteroatoms. The van der Waals surface area contributed by atoms with Gasteiger partial charge in [0, 0.05) is 6.61 Å². The summed E-state index contributed by atoms with van der Waals surface area (Å²) in [6.07, 6.45) is 12.8. The average molecular weight is 517 g/mol. The van der Waals surface area contributed by atoms with Gasteiger partial charge in [-0.25, -0.2) is 0 Å². The molecule has 4 fully saturated rings. The van der Waals surface area contributed by atoms with Crippen molar-refractivity contribution in [3.63, 3.8) is 0 Å². The van der Waals surface area contributed by atoms with Gasteiger partial charge >= 0.3 is 0 Å². The third-order valence-electron chi connectivity index (χ3n) is 7.54. The molecule has 0 radical (unpaired) electrons. The van der Waals surface area contributed by atoms with E-state index in [0.29, 0.717) is 30.0 Å². The Labute approximate surface area is 228 Å². The zero-order valence-electron chi connectivity index (χ0n) is 19.3. The van der Waals surface area contributed by atoms with Crippen molar-refractivity contribution in [2.75, 3.05) is 39.6 Å². The number of hydrogen-bond donors (Lipinski definition) is 0. The Hall–Kier alpha value is -0.680. The molecule has 0 aromatic carbocycles. The van der Waals surface area contributed by atoms with E-state index >= 15 is 0 Å². The fourth-order valence-corrected chi connectivity index (χ4v) is 5.28. The lowest BCUT2D eigenvalue weighted by Crippen LogP contribution is -2.16. The Morgan fingerprint density at radius 3 is 1.56 bits per heavy atom. The Morgan fingerprint density at radius 1 is 0.639 bits per heavy atom. The van der Waals surface area contributed by atoms with E-state index in [1.54, 1.807) is 0 Å². The fourth-order valence-electron chi connectivity index (χ4n) is 5.28. The monoisotopic (exact) mass is 517 g/mol. The lowest BCUT2D eigenvalue weighted by atomic mass is 9.94. The summed E-state index contributed by atoms with van der Waals surface area (Å²) in [6.45, 7) is 17.6. The SMILES string of the molecule is C.C.C.C.C.C.C=CC1CC(C=C)C(COCC2CO2)C1.CCC1CC(CC)C(COCC2CO2)C1. The molecule has 2 saturated carbocycles. The van der Waals surface area contributed by atoms with E-state index in [4.69, 9.17) is 18.9 Å². The van der Waals surface area contributed by atoms with Crippen molar-refractivity contribution in [3.8, 4) is 0 Å². The number of allylic oxidation sites excluding steroid dienone is 2. The molecule has 0 aromatic rings. The first-order chi connectivity index (χ1) is 14.7. The average Bonchev–Trinajstić information content (AvgIpc) is 3.69. The number of ether oxygens (including phenoxy) is 4. The molecule has 2 heterocycles. The van der Waals surface area contributed by atoms with Crippen LogP contribution in [-0.2, 0) is 18.9 Å². The Bertz CT molecular complexity index is 514. The molecule has 0 spiro atoms. The van der Waals surface area contributed by atoms with Gasteiger partial charge in [0.15, 0.2) is 0 Å². The van der Waals surface area contributed by atoms with Crippen molar-refractivity contribution in [3.05, 3.63) is 25.3 Å². The summed E-state index contributed by atoms with van der Waals surface area (Å²) in [5.41, 5.74) is 0. The quantitative estimate of drug-likeness (QED) is 0.192. The van der Waals surface area contributed by atoms with E-state index in [-0.39, 0.29) is 44.6 Å². The predicted molar refractivity (Wildman–Crippen MR) is 162 cm³/mol. The maximum Gasteiger partial charge on any atom is 0.104 e. The van der Waals surface area contributed by atoms with Gasteiger partial charge < -0.3 is 18.9 Å². The summed E-state index contributed by atoms with van der Waals surface area (Å²) < 4.78 is 21.7. The van der Waals surface area contributed by atoms with Crippen molar-refractivity contribution in [2.45, 2.75) is 109 Å². The smallest absolute Gasteiger partial charge is 0.104 e. The highest BCUT2D eigenvalue weighted by Gasteiger charge is 2.33. The van der Waals surface area contributed by atoms with E-state index in [1.807, 2.05) is 0 Å². The van der Waals surface area contributed by atoms with Gasteiger partial charge in [0.1, 0.15) is 12.2 Å². The zero-order valence-corrected chi connectivity index (χ0v) is 19.3. The van der Waals surface area contributed by atoms with Crippen molar-refractivity contribution in [2.24, 2.45) is 35.5 Å². The second-order valence-electron chi connectivity index (χ2n) is 9.79. The standard InChI is InChI=1S/C13H24O2.C13H20O2.6CH4/c2*1-3-10-5-11(4-2)12(6-10)7-14-8-13-9-15-13;;;;;;/h10-13H,3-9H2,1-2H3;3-4,10-13H,1-2,5-9H2;6*1H4. The maximum atomic E-state index is 5.74. The van der Waals surface area contributed by atoms with E-state index in [2.05, 4.69) is 39.2 Å². The van der Waals surface area contributed by atoms with E-state index in [1.165, 1.54) is 38.5 Å². The van der Waals surface area contributed by atoms with Gasteiger partial charge in [-0.3, -0.25) is 0 Å². The second-order valence-corrected chi connectivity index (χ2v) is 9.79. The van der Waals surface area contributed by atoms with Gasteiger partial charge in [0.05, 0.1) is 33.0 Å². The maximum absolute atomic E-state index is 5.74. The lowest BCUT2D eigenvalue weighted by Gasteiger charge is -2.17. The van der Waals surface area contributed by atoms with Crippen molar-refractivity contribution >= 4 is 0 Å². The zero-order chi connectivity index (χ0) is 21.3. The molecular weight excluding hydrogens is 448 g/mol. The molecule has 4 aliphatic rings. The minimum Gasteiger partial charge on any atom is -0.378 e. The molecule has 2 saturated heterocycles. The minimum atomic E-state index is 0. The van der Waals surface area contributed by atoms with Crippen molar-refractivity contribution < 1.29 is 18.9 Å². The first-order valence-corrected chi connectivity index (χ1v) is 12.3. The van der Waals surface area contributed by atoms with E-state index in [9.17, 15) is 0 Å². The van der Waals surface area contributed by atoms with Crippen LogP contribution in [0.25, 0.3) is 0 Å². The van der Waals surface area contributed by atoms with Crippen LogP contribution in [0.3, 0.4) is 0 Å². The Balaban J connectivity index is -0.000000244. The topological polar surface area (TPSA) is 43.5 Å². The Kier molecular flexibility index (Phi) is 26.3. The van der Waals surface area contributed by atoms with Gasteiger partial charge in [0.2, 0.25) is 0 Å². The van der Waals surface area contributed by atoms with Crippen LogP contribution in [0.4, 0.5) is 0 Å². The molecule has 0 bridgehead atoms. The third-order valence-corrected chi connectivity index (χ3v) is 7.54. The van der Waals surface area contributed by atoms with Gasteiger partial charge in [-0.2, -0.15) is 0 Å². The molecule has 0 amide bonds. The second kappa shape index (κ2) is 22.3. The van der Waals surface area contributed by atoms with Gasteiger partial charge in [0.25, 0.3) is 0 Å². The molecule has 0 aromatic heterocycles. The van der Waals surface area contributed by atoms with Crippen LogP contribution in [0.5, 0.6) is 0 Å². The molecular formula is C32H68O4. The lowest BCUT2D eigenvalue weighted by molar-refractivity contribution is 0.0729. The largest absolute Gasteiger partial charge is 0.378 e. The number of rotatable bonds is 12. The molecule has 8 unspecified atom stereocenters. The number of hydrogen-bond acceptors (Lipinski definition) is 4. The van der Waals surface area contributed by atoms with Crippen LogP contribution in [0.1, 0.15) is 96.9 Å². The molecule has 0 N–H and O–H groups in total. The number of epoxide rings is 2. The molecule has 220 valence electrons. The first kappa shape index (κ1) is 42.4. The first-order valence-electron chi connectivity index (χ1n) is 12.3. The highest BCUT2D eigenvalue weighted by molar-refractivity contribution is 4.98. The van der Waals surface area contributed by atoms with Crippen LogP contribution in [0.15, 0.2) is 25.3 Å². The molecule has 2 aliphatic heterocycles. The van der Waals surface area contributed by atoms with E-state index < -0.39 is 0 Å². The van der Waals surface area contributed by atoms with Gasteiger partial charge in [-0.15, -0.1) is 13.2 Å². The normalized spacial score (nSPS) is 32.7. The molecule has 4 rings (SSSR count). The Morgan fingerprint density at radius 2 is 1.14 bits per heavy atom. The van der Waals surface area contributed by atoms with Crippen LogP contribution < -0.4 is 0 Å². The highest BCUT2D eigenvalue weighted by atomic mass is 16.6. The van der Waals surface area contributed by atoms with Gasteiger partial charge in [-0.05, 0) is 61.2 Å². The molecule has 2 aliphatic carbocycles. The molecule has 8 atom stereocenters. The summed E-state index contributed by atoms with van der Waals surface area (Å²) in [5, 5.41) is 0. The van der Waals surface area contributed by atoms with Gasteiger partial charge in [-0.1, -0.05) is 83.4 Å². The van der Waals surface area contributed by atoms with Crippen LogP contribution in [-0.4, -0.2) is 51.8 Å². The van der Waals surface area contributed by atoms with E-state index in [0.717, 1.165) is 57.4 Å². The fraction of sp³-hybridized carbons (Fsp3) is 0.875. The predicted octanol–water partition coefficient (Wildman–Crippen LogP) is 9.10.